The van der Waals surface area contributed by atoms with Gasteiger partial charge in [-0.1, -0.05) is 30.7 Å². The second-order valence-corrected chi connectivity index (χ2v) is 10.0. The van der Waals surface area contributed by atoms with Crippen LogP contribution in [0.1, 0.15) is 25.3 Å². The van der Waals surface area contributed by atoms with Crippen molar-refractivity contribution in [3.8, 4) is 0 Å². The Hall–Kier alpha value is -1.15. The summed E-state index contributed by atoms with van der Waals surface area (Å²) in [5, 5.41) is 0.671. The van der Waals surface area contributed by atoms with Crippen LogP contribution in [0.4, 0.5) is 0 Å². The summed E-state index contributed by atoms with van der Waals surface area (Å²) in [4.78, 5) is 16.9. The molecule has 0 radical (unpaired) electrons. The van der Waals surface area contributed by atoms with Crippen molar-refractivity contribution in [3.63, 3.8) is 0 Å². The van der Waals surface area contributed by atoms with Crippen molar-refractivity contribution in [2.45, 2.75) is 31.7 Å². The first-order valence-corrected chi connectivity index (χ1v) is 11.7. The third kappa shape index (κ3) is 4.65. The molecule has 0 aromatic heterocycles. The van der Waals surface area contributed by atoms with Crippen LogP contribution in [0.2, 0.25) is 5.02 Å². The molecule has 2 fully saturated rings. The van der Waals surface area contributed by atoms with E-state index in [0.717, 1.165) is 31.5 Å². The van der Waals surface area contributed by atoms with Crippen LogP contribution < -0.4 is 0 Å². The van der Waals surface area contributed by atoms with Crippen molar-refractivity contribution in [3.05, 3.63) is 34.9 Å². The topological polar surface area (TPSA) is 60.9 Å². The molecule has 0 N–H and O–H groups in total. The van der Waals surface area contributed by atoms with E-state index in [0.29, 0.717) is 37.6 Å². The average molecular weight is 414 g/mol. The number of piperazine rings is 1. The third-order valence-electron chi connectivity index (χ3n) is 6.00. The van der Waals surface area contributed by atoms with Gasteiger partial charge in [0, 0.05) is 49.8 Å². The minimum Gasteiger partial charge on any atom is -0.340 e. The van der Waals surface area contributed by atoms with Crippen LogP contribution in [0, 0.1) is 0 Å². The first-order chi connectivity index (χ1) is 12.7. The van der Waals surface area contributed by atoms with Crippen LogP contribution >= 0.6 is 11.6 Å². The van der Waals surface area contributed by atoms with Gasteiger partial charge in [-0.3, -0.25) is 9.69 Å². The molecule has 8 heteroatoms. The molecule has 2 aliphatic heterocycles. The Morgan fingerprint density at radius 2 is 1.74 bits per heavy atom. The molecule has 2 saturated heterocycles. The van der Waals surface area contributed by atoms with Crippen LogP contribution in [-0.2, 0) is 21.2 Å². The van der Waals surface area contributed by atoms with E-state index < -0.39 is 10.0 Å². The predicted octanol–water partition coefficient (Wildman–Crippen LogP) is 1.84. The molecule has 2 heterocycles. The van der Waals surface area contributed by atoms with Gasteiger partial charge in [-0.05, 0) is 30.5 Å². The van der Waals surface area contributed by atoms with E-state index in [2.05, 4.69) is 11.8 Å². The zero-order chi connectivity index (χ0) is 19.7. The summed E-state index contributed by atoms with van der Waals surface area (Å²) in [5.74, 6) is 0.131. The second-order valence-electron chi connectivity index (χ2n) is 7.60. The number of carbonyl (C=O) groups is 1. The molecular formula is C19H28ClN3O3S. The highest BCUT2D eigenvalue weighted by molar-refractivity contribution is 7.88. The minimum absolute atomic E-state index is 0.103. The summed E-state index contributed by atoms with van der Waals surface area (Å²) >= 11 is 5.90. The van der Waals surface area contributed by atoms with Crippen LogP contribution in [-0.4, -0.2) is 79.5 Å². The van der Waals surface area contributed by atoms with E-state index in [4.69, 9.17) is 11.6 Å². The highest BCUT2D eigenvalue weighted by Gasteiger charge is 2.45. The number of carbonyl (C=O) groups excluding carboxylic acids is 1. The third-order valence-corrected chi connectivity index (χ3v) is 7.50. The van der Waals surface area contributed by atoms with E-state index in [1.807, 2.05) is 17.0 Å². The molecule has 1 aromatic carbocycles. The van der Waals surface area contributed by atoms with Crippen molar-refractivity contribution >= 4 is 27.5 Å². The molecule has 150 valence electrons. The molecule has 6 nitrogen and oxygen atoms in total. The SMILES string of the molecule is CC[C@]1(N2CCN(C(=O)Cc3ccc(Cl)cc3)CC2)CCN(S(C)(=O)=O)C1. The van der Waals surface area contributed by atoms with Crippen molar-refractivity contribution < 1.29 is 13.2 Å². The van der Waals surface area contributed by atoms with E-state index >= 15 is 0 Å². The Labute approximate surface area is 167 Å². The molecule has 0 bridgehead atoms. The van der Waals surface area contributed by atoms with Gasteiger partial charge in [-0.15, -0.1) is 0 Å². The van der Waals surface area contributed by atoms with Crippen molar-refractivity contribution in [1.29, 1.82) is 0 Å². The van der Waals surface area contributed by atoms with Gasteiger partial charge in [0.15, 0.2) is 0 Å². The summed E-state index contributed by atoms with van der Waals surface area (Å²) in [6.07, 6.45) is 3.44. The summed E-state index contributed by atoms with van der Waals surface area (Å²) in [6, 6.07) is 7.39. The maximum Gasteiger partial charge on any atom is 0.227 e. The molecular weight excluding hydrogens is 386 g/mol. The first kappa shape index (κ1) is 20.6. The molecule has 1 amide bonds. The normalized spacial score (nSPS) is 25.1. The number of sulfonamides is 1. The summed E-state index contributed by atoms with van der Waals surface area (Å²) in [5.41, 5.74) is 0.866. The summed E-state index contributed by atoms with van der Waals surface area (Å²) < 4.78 is 25.4. The molecule has 0 saturated carbocycles. The Morgan fingerprint density at radius 1 is 1.11 bits per heavy atom. The number of hydrogen-bond donors (Lipinski definition) is 0. The molecule has 0 aliphatic carbocycles. The quantitative estimate of drug-likeness (QED) is 0.739. The van der Waals surface area contributed by atoms with Gasteiger partial charge in [0.05, 0.1) is 12.7 Å². The molecule has 3 rings (SSSR count). The van der Waals surface area contributed by atoms with Gasteiger partial charge in [-0.25, -0.2) is 12.7 Å². The van der Waals surface area contributed by atoms with E-state index in [1.165, 1.54) is 6.26 Å². The number of benzene rings is 1. The number of nitrogens with zero attached hydrogens (tertiary/aromatic N) is 3. The lowest BCUT2D eigenvalue weighted by molar-refractivity contribution is -0.133. The van der Waals surface area contributed by atoms with Crippen molar-refractivity contribution in [1.82, 2.24) is 14.1 Å². The Kier molecular flexibility index (Phi) is 6.15. The Balaban J connectivity index is 1.58. The first-order valence-electron chi connectivity index (χ1n) is 9.46. The Morgan fingerprint density at radius 3 is 2.26 bits per heavy atom. The lowest BCUT2D eigenvalue weighted by atomic mass is 9.92. The maximum absolute atomic E-state index is 12.6. The Bertz CT molecular complexity index is 776. The highest BCUT2D eigenvalue weighted by Crippen LogP contribution is 2.33. The second kappa shape index (κ2) is 8.07. The van der Waals surface area contributed by atoms with E-state index in [9.17, 15) is 13.2 Å². The number of rotatable bonds is 5. The van der Waals surface area contributed by atoms with Crippen LogP contribution in [0.15, 0.2) is 24.3 Å². The standard InChI is InChI=1S/C19H28ClN3O3S/c1-3-19(8-9-23(15-19)27(2,25)26)22-12-10-21(11-13-22)18(24)14-16-4-6-17(20)7-5-16/h4-7H,3,8-15H2,1-2H3/t19-/m0/s1. The number of hydrogen-bond acceptors (Lipinski definition) is 4. The molecule has 1 atom stereocenters. The van der Waals surface area contributed by atoms with E-state index in [1.54, 1.807) is 16.4 Å². The summed E-state index contributed by atoms with van der Waals surface area (Å²) in [6.45, 7) is 6.23. The molecule has 0 unspecified atom stereocenters. The fourth-order valence-corrected chi connectivity index (χ4v) is 5.22. The van der Waals surface area contributed by atoms with Crippen molar-refractivity contribution in [2.75, 3.05) is 45.5 Å². The van der Waals surface area contributed by atoms with Crippen LogP contribution in [0.3, 0.4) is 0 Å². The zero-order valence-electron chi connectivity index (χ0n) is 16.0. The van der Waals surface area contributed by atoms with Gasteiger partial charge in [0.25, 0.3) is 0 Å². The van der Waals surface area contributed by atoms with Gasteiger partial charge in [-0.2, -0.15) is 0 Å². The number of amides is 1. The predicted molar refractivity (Wildman–Crippen MR) is 107 cm³/mol. The maximum atomic E-state index is 12.6. The molecule has 27 heavy (non-hydrogen) atoms. The van der Waals surface area contributed by atoms with Crippen LogP contribution in [0.5, 0.6) is 0 Å². The zero-order valence-corrected chi connectivity index (χ0v) is 17.6. The minimum atomic E-state index is -3.15. The lowest BCUT2D eigenvalue weighted by Gasteiger charge is -2.45. The monoisotopic (exact) mass is 413 g/mol. The van der Waals surface area contributed by atoms with Gasteiger partial charge >= 0.3 is 0 Å². The largest absolute Gasteiger partial charge is 0.340 e. The highest BCUT2D eigenvalue weighted by atomic mass is 35.5. The number of halogens is 1. The fraction of sp³-hybridized carbons (Fsp3) is 0.632. The summed E-state index contributed by atoms with van der Waals surface area (Å²) in [7, 11) is -3.15. The van der Waals surface area contributed by atoms with Gasteiger partial charge in [0.1, 0.15) is 0 Å². The van der Waals surface area contributed by atoms with Gasteiger partial charge < -0.3 is 4.90 Å². The van der Waals surface area contributed by atoms with Crippen molar-refractivity contribution in [2.24, 2.45) is 0 Å². The molecule has 0 spiro atoms. The molecule has 2 aliphatic rings. The van der Waals surface area contributed by atoms with Gasteiger partial charge in [0.2, 0.25) is 15.9 Å². The average Bonchev–Trinajstić information content (AvgIpc) is 3.10. The smallest absolute Gasteiger partial charge is 0.227 e. The van der Waals surface area contributed by atoms with E-state index in [-0.39, 0.29) is 11.4 Å². The molecule has 1 aromatic rings. The lowest BCUT2D eigenvalue weighted by Crippen LogP contribution is -2.59. The fourth-order valence-electron chi connectivity index (χ4n) is 4.19. The van der Waals surface area contributed by atoms with Crippen LogP contribution in [0.25, 0.3) is 0 Å².